The van der Waals surface area contributed by atoms with Crippen molar-refractivity contribution in [2.24, 2.45) is 0 Å². The van der Waals surface area contributed by atoms with Crippen LogP contribution in [0.1, 0.15) is 11.7 Å². The molecule has 1 unspecified atom stereocenters. The van der Waals surface area contributed by atoms with Gasteiger partial charge in [-0.1, -0.05) is 36.4 Å². The van der Waals surface area contributed by atoms with Gasteiger partial charge in [0.15, 0.2) is 0 Å². The number of hydrogen-bond acceptors (Lipinski definition) is 3. The molecule has 19 heavy (non-hydrogen) atoms. The third kappa shape index (κ3) is 4.03. The van der Waals surface area contributed by atoms with Crippen LogP contribution in [-0.2, 0) is 0 Å². The van der Waals surface area contributed by atoms with Crippen molar-refractivity contribution in [3.05, 3.63) is 48.0 Å². The van der Waals surface area contributed by atoms with Crippen molar-refractivity contribution in [3.63, 3.8) is 0 Å². The average Bonchev–Trinajstić information content (AvgIpc) is 2.42. The summed E-state index contributed by atoms with van der Waals surface area (Å²) in [5.74, 6) is 0. The molecular weight excluding hydrogens is 236 g/mol. The molecule has 0 fully saturated rings. The van der Waals surface area contributed by atoms with Gasteiger partial charge in [0.05, 0.1) is 6.10 Å². The molecule has 0 spiro atoms. The molecule has 1 atom stereocenters. The summed E-state index contributed by atoms with van der Waals surface area (Å²) < 4.78 is 0. The molecule has 0 aliphatic carbocycles. The first-order valence-electron chi connectivity index (χ1n) is 6.69. The molecular formula is C16H22N2O. The van der Waals surface area contributed by atoms with E-state index < -0.39 is 6.10 Å². The minimum atomic E-state index is -0.452. The summed E-state index contributed by atoms with van der Waals surface area (Å²) in [5.41, 5.74) is 0.969. The van der Waals surface area contributed by atoms with Crippen LogP contribution in [0.3, 0.4) is 0 Å². The SMILES string of the molecule is CN(C)CCNCC(O)c1ccc2ccccc2c1. The van der Waals surface area contributed by atoms with E-state index in [1.54, 1.807) is 0 Å². The van der Waals surface area contributed by atoms with Crippen LogP contribution in [0.4, 0.5) is 0 Å². The highest BCUT2D eigenvalue weighted by Crippen LogP contribution is 2.19. The van der Waals surface area contributed by atoms with E-state index in [1.807, 2.05) is 32.3 Å². The summed E-state index contributed by atoms with van der Waals surface area (Å²) in [6.45, 7) is 2.45. The maximum Gasteiger partial charge on any atom is 0.0914 e. The number of benzene rings is 2. The Kier molecular flexibility index (Phi) is 4.91. The number of aliphatic hydroxyl groups excluding tert-OH is 1. The molecule has 0 aliphatic rings. The largest absolute Gasteiger partial charge is 0.387 e. The lowest BCUT2D eigenvalue weighted by Gasteiger charge is -2.14. The first-order chi connectivity index (χ1) is 9.16. The van der Waals surface area contributed by atoms with E-state index in [1.165, 1.54) is 10.8 Å². The van der Waals surface area contributed by atoms with E-state index in [2.05, 4.69) is 34.5 Å². The number of rotatable bonds is 6. The van der Waals surface area contributed by atoms with Gasteiger partial charge in [-0.3, -0.25) is 0 Å². The molecule has 0 amide bonds. The second-order valence-corrected chi connectivity index (χ2v) is 5.13. The second kappa shape index (κ2) is 6.66. The quantitative estimate of drug-likeness (QED) is 0.778. The maximum atomic E-state index is 10.2. The first-order valence-corrected chi connectivity index (χ1v) is 6.69. The Hall–Kier alpha value is -1.42. The second-order valence-electron chi connectivity index (χ2n) is 5.13. The van der Waals surface area contributed by atoms with Gasteiger partial charge >= 0.3 is 0 Å². The van der Waals surface area contributed by atoms with E-state index in [0.29, 0.717) is 6.54 Å². The van der Waals surface area contributed by atoms with Gasteiger partial charge < -0.3 is 15.3 Å². The molecule has 3 nitrogen and oxygen atoms in total. The van der Waals surface area contributed by atoms with E-state index in [4.69, 9.17) is 0 Å². The van der Waals surface area contributed by atoms with Crippen molar-refractivity contribution < 1.29 is 5.11 Å². The van der Waals surface area contributed by atoms with Crippen LogP contribution in [0.5, 0.6) is 0 Å². The van der Waals surface area contributed by atoms with Crippen molar-refractivity contribution in [2.75, 3.05) is 33.7 Å². The van der Waals surface area contributed by atoms with Crippen molar-refractivity contribution >= 4 is 10.8 Å². The fourth-order valence-corrected chi connectivity index (χ4v) is 2.07. The third-order valence-corrected chi connectivity index (χ3v) is 3.23. The molecule has 0 saturated carbocycles. The minimum absolute atomic E-state index is 0.452. The van der Waals surface area contributed by atoms with E-state index in [-0.39, 0.29) is 0 Å². The standard InChI is InChI=1S/C16H22N2O/c1-18(2)10-9-17-12-16(19)15-8-7-13-5-3-4-6-14(13)11-15/h3-8,11,16-17,19H,9-10,12H2,1-2H3. The van der Waals surface area contributed by atoms with Gasteiger partial charge in [-0.15, -0.1) is 0 Å². The number of fused-ring (bicyclic) bond motifs is 1. The molecule has 102 valence electrons. The van der Waals surface area contributed by atoms with Crippen molar-refractivity contribution in [2.45, 2.75) is 6.10 Å². The minimum Gasteiger partial charge on any atom is -0.387 e. The smallest absolute Gasteiger partial charge is 0.0914 e. The Bertz CT molecular complexity index is 525. The van der Waals surface area contributed by atoms with Crippen molar-refractivity contribution in [1.29, 1.82) is 0 Å². The lowest BCUT2D eigenvalue weighted by atomic mass is 10.0. The maximum absolute atomic E-state index is 10.2. The predicted molar refractivity (Wildman–Crippen MR) is 80.3 cm³/mol. The predicted octanol–water partition coefficient (Wildman–Crippen LogP) is 2.02. The Balaban J connectivity index is 1.95. The fraction of sp³-hybridized carbons (Fsp3) is 0.375. The molecule has 2 rings (SSSR count). The van der Waals surface area contributed by atoms with E-state index >= 15 is 0 Å². The summed E-state index contributed by atoms with van der Waals surface area (Å²) in [6.07, 6.45) is -0.452. The van der Waals surface area contributed by atoms with Crippen molar-refractivity contribution in [3.8, 4) is 0 Å². The highest BCUT2D eigenvalue weighted by Gasteiger charge is 2.07. The Morgan fingerprint density at radius 1 is 1.11 bits per heavy atom. The van der Waals surface area contributed by atoms with Crippen molar-refractivity contribution in [1.82, 2.24) is 10.2 Å². The molecule has 0 radical (unpaired) electrons. The van der Waals surface area contributed by atoms with Gasteiger partial charge in [0.1, 0.15) is 0 Å². The van der Waals surface area contributed by atoms with Crippen LogP contribution in [0.15, 0.2) is 42.5 Å². The highest BCUT2D eigenvalue weighted by molar-refractivity contribution is 5.83. The van der Waals surface area contributed by atoms with Gasteiger partial charge in [-0.2, -0.15) is 0 Å². The first kappa shape index (κ1) is 14.0. The summed E-state index contributed by atoms with van der Waals surface area (Å²) in [6, 6.07) is 14.3. The Labute approximate surface area is 114 Å². The highest BCUT2D eigenvalue weighted by atomic mass is 16.3. The molecule has 0 bridgehead atoms. The summed E-state index contributed by atoms with van der Waals surface area (Å²) in [7, 11) is 4.09. The van der Waals surface area contributed by atoms with Gasteiger partial charge in [0.2, 0.25) is 0 Å². The number of nitrogens with zero attached hydrogens (tertiary/aromatic N) is 1. The molecule has 2 N–H and O–H groups in total. The van der Waals surface area contributed by atoms with Crippen LogP contribution in [0.2, 0.25) is 0 Å². The van der Waals surface area contributed by atoms with Gasteiger partial charge in [-0.25, -0.2) is 0 Å². The zero-order valence-electron chi connectivity index (χ0n) is 11.6. The van der Waals surface area contributed by atoms with Crippen LogP contribution >= 0.6 is 0 Å². The summed E-state index contributed by atoms with van der Waals surface area (Å²) in [4.78, 5) is 2.12. The Morgan fingerprint density at radius 3 is 2.58 bits per heavy atom. The van der Waals surface area contributed by atoms with Gasteiger partial charge in [-0.05, 0) is 36.5 Å². The summed E-state index contributed by atoms with van der Waals surface area (Å²) >= 11 is 0. The van der Waals surface area contributed by atoms with Crippen LogP contribution in [0, 0.1) is 0 Å². The Morgan fingerprint density at radius 2 is 1.84 bits per heavy atom. The van der Waals surface area contributed by atoms with Crippen LogP contribution in [0.25, 0.3) is 10.8 Å². The number of likely N-dealkylation sites (N-methyl/N-ethyl adjacent to an activating group) is 1. The molecule has 2 aromatic rings. The molecule has 0 aliphatic heterocycles. The topological polar surface area (TPSA) is 35.5 Å². The molecule has 0 aromatic heterocycles. The number of nitrogens with one attached hydrogen (secondary N) is 1. The average molecular weight is 258 g/mol. The molecule has 0 heterocycles. The van der Waals surface area contributed by atoms with Gasteiger partial charge in [0, 0.05) is 19.6 Å². The zero-order chi connectivity index (χ0) is 13.7. The number of hydrogen-bond donors (Lipinski definition) is 2. The molecule has 3 heteroatoms. The molecule has 0 saturated heterocycles. The van der Waals surface area contributed by atoms with Crippen LogP contribution < -0.4 is 5.32 Å². The fourth-order valence-electron chi connectivity index (χ4n) is 2.07. The summed E-state index contributed by atoms with van der Waals surface area (Å²) in [5, 5.41) is 15.8. The van der Waals surface area contributed by atoms with Crippen LogP contribution in [-0.4, -0.2) is 43.7 Å². The normalized spacial score (nSPS) is 13.1. The number of aliphatic hydroxyl groups is 1. The van der Waals surface area contributed by atoms with E-state index in [9.17, 15) is 5.11 Å². The lowest BCUT2D eigenvalue weighted by molar-refractivity contribution is 0.174. The molecule has 2 aromatic carbocycles. The zero-order valence-corrected chi connectivity index (χ0v) is 11.6. The van der Waals surface area contributed by atoms with Gasteiger partial charge in [0.25, 0.3) is 0 Å². The lowest BCUT2D eigenvalue weighted by Crippen LogP contribution is -2.29. The monoisotopic (exact) mass is 258 g/mol. The third-order valence-electron chi connectivity index (χ3n) is 3.23. The van der Waals surface area contributed by atoms with E-state index in [0.717, 1.165) is 18.7 Å².